The molecule has 1 N–H and O–H groups in total. The molecule has 0 amide bonds. The van der Waals surface area contributed by atoms with E-state index >= 15 is 0 Å². The first-order valence-electron chi connectivity index (χ1n) is 6.79. The highest BCUT2D eigenvalue weighted by Crippen LogP contribution is 2.20. The number of rotatable bonds is 5. The van der Waals surface area contributed by atoms with Crippen LogP contribution < -0.4 is 10.2 Å². The molecule has 3 nitrogen and oxygen atoms in total. The molecule has 2 unspecified atom stereocenters. The number of ether oxygens (including phenoxy) is 1. The molecule has 2 rings (SSSR count). The van der Waals surface area contributed by atoms with Crippen LogP contribution in [-0.4, -0.2) is 39.4 Å². The molecule has 1 aromatic carbocycles. The van der Waals surface area contributed by atoms with Crippen LogP contribution in [0.4, 0.5) is 5.69 Å². The summed E-state index contributed by atoms with van der Waals surface area (Å²) in [6.45, 7) is 8.06. The lowest BCUT2D eigenvalue weighted by atomic mass is 10.0. The molecular weight excluding hydrogens is 224 g/mol. The smallest absolute Gasteiger partial charge is 0.0624 e. The molecule has 1 aromatic rings. The zero-order chi connectivity index (χ0) is 13.0. The van der Waals surface area contributed by atoms with Gasteiger partial charge < -0.3 is 15.0 Å². The Balaban J connectivity index is 1.96. The highest BCUT2D eigenvalue weighted by molar-refractivity contribution is 5.47. The van der Waals surface area contributed by atoms with E-state index in [1.54, 1.807) is 0 Å². The van der Waals surface area contributed by atoms with Crippen molar-refractivity contribution in [3.05, 3.63) is 29.8 Å². The molecule has 1 aliphatic rings. The fourth-order valence-corrected chi connectivity index (χ4v) is 2.59. The number of hydrogen-bond donors (Lipinski definition) is 1. The quantitative estimate of drug-likeness (QED) is 0.863. The summed E-state index contributed by atoms with van der Waals surface area (Å²) in [5, 5.41) is 3.51. The maximum Gasteiger partial charge on any atom is 0.0624 e. The third-order valence-corrected chi connectivity index (χ3v) is 3.62. The maximum absolute atomic E-state index is 5.59. The van der Waals surface area contributed by atoms with Gasteiger partial charge in [0.15, 0.2) is 0 Å². The summed E-state index contributed by atoms with van der Waals surface area (Å²) in [6.07, 6.45) is 0. The molecule has 0 aliphatic carbocycles. The van der Waals surface area contributed by atoms with Crippen LogP contribution in [0.15, 0.2) is 24.3 Å². The molecule has 18 heavy (non-hydrogen) atoms. The van der Waals surface area contributed by atoms with E-state index in [9.17, 15) is 0 Å². The van der Waals surface area contributed by atoms with Crippen LogP contribution in [0.2, 0.25) is 0 Å². The highest BCUT2D eigenvalue weighted by Gasteiger charge is 2.28. The Labute approximate surface area is 110 Å². The van der Waals surface area contributed by atoms with Gasteiger partial charge in [-0.05, 0) is 31.2 Å². The first-order chi connectivity index (χ1) is 8.70. The van der Waals surface area contributed by atoms with Gasteiger partial charge in [0.25, 0.3) is 0 Å². The van der Waals surface area contributed by atoms with E-state index in [-0.39, 0.29) is 0 Å². The number of anilines is 1. The molecule has 1 fully saturated rings. The van der Waals surface area contributed by atoms with Crippen molar-refractivity contribution in [2.24, 2.45) is 5.92 Å². The fourth-order valence-electron chi connectivity index (χ4n) is 2.59. The van der Waals surface area contributed by atoms with E-state index in [0.717, 1.165) is 26.3 Å². The van der Waals surface area contributed by atoms with Gasteiger partial charge in [-0.1, -0.05) is 19.1 Å². The lowest BCUT2D eigenvalue weighted by molar-refractivity contribution is 0.183. The van der Waals surface area contributed by atoms with Crippen molar-refractivity contribution in [1.82, 2.24) is 5.32 Å². The molecular formula is C15H24N2O. The van der Waals surface area contributed by atoms with Crippen molar-refractivity contribution in [2.45, 2.75) is 19.9 Å². The molecule has 1 heterocycles. The Kier molecular flexibility index (Phi) is 4.61. The molecule has 100 valence electrons. The average molecular weight is 248 g/mol. The Morgan fingerprint density at radius 3 is 2.94 bits per heavy atom. The summed E-state index contributed by atoms with van der Waals surface area (Å²) in [5.41, 5.74) is 2.60. The Morgan fingerprint density at radius 2 is 2.22 bits per heavy atom. The van der Waals surface area contributed by atoms with Crippen molar-refractivity contribution < 1.29 is 4.74 Å². The van der Waals surface area contributed by atoms with Crippen LogP contribution >= 0.6 is 0 Å². The Morgan fingerprint density at radius 1 is 1.39 bits per heavy atom. The molecule has 0 spiro atoms. The molecule has 0 saturated carbocycles. The average Bonchev–Trinajstić information content (AvgIpc) is 2.77. The first-order valence-corrected chi connectivity index (χ1v) is 6.79. The van der Waals surface area contributed by atoms with E-state index < -0.39 is 0 Å². The van der Waals surface area contributed by atoms with Gasteiger partial charge in [0.2, 0.25) is 0 Å². The molecule has 0 aromatic heterocycles. The monoisotopic (exact) mass is 248 g/mol. The van der Waals surface area contributed by atoms with Gasteiger partial charge in [-0.3, -0.25) is 0 Å². The van der Waals surface area contributed by atoms with Crippen molar-refractivity contribution >= 4 is 5.69 Å². The van der Waals surface area contributed by atoms with Gasteiger partial charge in [-0.15, -0.1) is 0 Å². The lowest BCUT2D eigenvalue weighted by Crippen LogP contribution is -2.40. The van der Waals surface area contributed by atoms with Crippen molar-refractivity contribution in [3.8, 4) is 0 Å². The summed E-state index contributed by atoms with van der Waals surface area (Å²) < 4.78 is 5.59. The van der Waals surface area contributed by atoms with Crippen LogP contribution in [0.1, 0.15) is 12.5 Å². The second-order valence-corrected chi connectivity index (χ2v) is 5.18. The number of benzene rings is 1. The second-order valence-electron chi connectivity index (χ2n) is 5.18. The predicted molar refractivity (Wildman–Crippen MR) is 76.2 cm³/mol. The minimum Gasteiger partial charge on any atom is -0.379 e. The normalized spacial score (nSPS) is 23.3. The Bertz CT molecular complexity index is 381. The molecule has 3 heteroatoms. The van der Waals surface area contributed by atoms with Crippen molar-refractivity contribution in [2.75, 3.05) is 38.3 Å². The van der Waals surface area contributed by atoms with Crippen molar-refractivity contribution in [1.29, 1.82) is 0 Å². The Hall–Kier alpha value is -1.06. The molecule has 0 bridgehead atoms. The molecule has 1 saturated heterocycles. The first kappa shape index (κ1) is 13.4. The number of likely N-dealkylation sites (N-methyl/N-ethyl adjacent to an activating group) is 1. The summed E-state index contributed by atoms with van der Waals surface area (Å²) in [5.74, 6) is 0.579. The maximum atomic E-state index is 5.59. The number of hydrogen-bond acceptors (Lipinski definition) is 3. The van der Waals surface area contributed by atoms with Gasteiger partial charge in [0.05, 0.1) is 13.2 Å². The van der Waals surface area contributed by atoms with Crippen LogP contribution in [0.3, 0.4) is 0 Å². The van der Waals surface area contributed by atoms with Gasteiger partial charge in [-0.2, -0.15) is 0 Å². The van der Waals surface area contributed by atoms with E-state index in [1.807, 2.05) is 0 Å². The van der Waals surface area contributed by atoms with E-state index in [4.69, 9.17) is 4.74 Å². The summed E-state index contributed by atoms with van der Waals surface area (Å²) in [7, 11) is 2.16. The summed E-state index contributed by atoms with van der Waals surface area (Å²) in [4.78, 5) is 2.33. The van der Waals surface area contributed by atoms with Crippen LogP contribution in [0.5, 0.6) is 0 Å². The third kappa shape index (κ3) is 3.24. The van der Waals surface area contributed by atoms with Gasteiger partial charge in [0, 0.05) is 31.2 Å². The lowest BCUT2D eigenvalue weighted by Gasteiger charge is -2.26. The minimum atomic E-state index is 0.502. The number of aryl methyl sites for hydroxylation is 1. The predicted octanol–water partition coefficient (Wildman–Crippen LogP) is 2.06. The van der Waals surface area contributed by atoms with Gasteiger partial charge in [0.1, 0.15) is 0 Å². The third-order valence-electron chi connectivity index (χ3n) is 3.62. The highest BCUT2D eigenvalue weighted by atomic mass is 16.5. The van der Waals surface area contributed by atoms with E-state index in [2.05, 4.69) is 55.4 Å². The molecule has 1 aliphatic heterocycles. The van der Waals surface area contributed by atoms with Crippen LogP contribution in [0, 0.1) is 12.8 Å². The largest absolute Gasteiger partial charge is 0.379 e. The zero-order valence-electron chi connectivity index (χ0n) is 11.6. The molecule has 2 atom stereocenters. The number of nitrogens with one attached hydrogen (secondary N) is 1. The van der Waals surface area contributed by atoms with Gasteiger partial charge >= 0.3 is 0 Å². The van der Waals surface area contributed by atoms with Crippen molar-refractivity contribution in [3.63, 3.8) is 0 Å². The fraction of sp³-hybridized carbons (Fsp3) is 0.600. The second kappa shape index (κ2) is 6.21. The molecule has 0 radical (unpaired) electrons. The van der Waals surface area contributed by atoms with E-state index in [0.29, 0.717) is 12.0 Å². The SMILES string of the molecule is CCNC1COCC1CN(C)c1cccc(C)c1. The standard InChI is InChI=1S/C15H24N2O/c1-4-16-15-11-18-10-13(15)9-17(3)14-7-5-6-12(2)8-14/h5-8,13,15-16H,4,9-11H2,1-3H3. The summed E-state index contributed by atoms with van der Waals surface area (Å²) in [6, 6.07) is 9.16. The number of nitrogens with zero attached hydrogens (tertiary/aromatic N) is 1. The van der Waals surface area contributed by atoms with Gasteiger partial charge in [-0.25, -0.2) is 0 Å². The topological polar surface area (TPSA) is 24.5 Å². The minimum absolute atomic E-state index is 0.502. The van der Waals surface area contributed by atoms with E-state index in [1.165, 1.54) is 11.3 Å². The summed E-state index contributed by atoms with van der Waals surface area (Å²) >= 11 is 0. The van der Waals surface area contributed by atoms with Crippen LogP contribution in [0.25, 0.3) is 0 Å². The van der Waals surface area contributed by atoms with Crippen LogP contribution in [-0.2, 0) is 4.74 Å². The zero-order valence-corrected chi connectivity index (χ0v) is 11.6.